The molecule has 132 valence electrons. The van der Waals surface area contributed by atoms with Crippen LogP contribution in [0.3, 0.4) is 0 Å². The van der Waals surface area contributed by atoms with Gasteiger partial charge in [0.05, 0.1) is 11.6 Å². The van der Waals surface area contributed by atoms with E-state index >= 15 is 0 Å². The Kier molecular flexibility index (Phi) is 5.24. The van der Waals surface area contributed by atoms with Gasteiger partial charge in [0.1, 0.15) is 5.82 Å². The number of benzene rings is 3. The third-order valence-electron chi connectivity index (χ3n) is 3.76. The Morgan fingerprint density at radius 2 is 1.26 bits per heavy atom. The van der Waals surface area contributed by atoms with Crippen molar-refractivity contribution in [1.82, 2.24) is 0 Å². The van der Waals surface area contributed by atoms with Gasteiger partial charge in [0.15, 0.2) is 0 Å². The van der Waals surface area contributed by atoms with E-state index in [9.17, 15) is 14.0 Å². The molecule has 0 heterocycles. The van der Waals surface area contributed by atoms with Gasteiger partial charge < -0.3 is 10.6 Å². The second kappa shape index (κ2) is 7.93. The molecular weight excluding hydrogens is 345 g/mol. The number of rotatable bonds is 4. The maximum absolute atomic E-state index is 12.9. The Balaban J connectivity index is 1.71. The number of carbonyl (C=O) groups excluding carboxylic acids is 2. The smallest absolute Gasteiger partial charge is 0.255 e. The third-order valence-corrected chi connectivity index (χ3v) is 3.76. The molecule has 0 saturated heterocycles. The fraction of sp³-hybridized carbons (Fsp3) is 0. The molecule has 2 amide bonds. The van der Waals surface area contributed by atoms with E-state index < -0.39 is 11.7 Å². The summed E-state index contributed by atoms with van der Waals surface area (Å²) in [5.74, 6) is -1.18. The van der Waals surface area contributed by atoms with Crippen molar-refractivity contribution in [1.29, 1.82) is 5.26 Å². The van der Waals surface area contributed by atoms with Crippen molar-refractivity contribution in [2.75, 3.05) is 10.6 Å². The van der Waals surface area contributed by atoms with E-state index in [0.29, 0.717) is 28.1 Å². The number of amides is 2. The van der Waals surface area contributed by atoms with Gasteiger partial charge in [-0.05, 0) is 66.7 Å². The largest absolute Gasteiger partial charge is 0.322 e. The summed E-state index contributed by atoms with van der Waals surface area (Å²) in [6, 6.07) is 20.1. The standard InChI is InChI=1S/C21H14FN3O2/c22-17-6-10-19(11-7-17)25-21(27)16-3-1-2-15(12-16)20(26)24-18-8-4-14(13-23)5-9-18/h1-12H,(H,24,26)(H,25,27). The lowest BCUT2D eigenvalue weighted by molar-refractivity contribution is 0.102. The van der Waals surface area contributed by atoms with Gasteiger partial charge in [-0.25, -0.2) is 4.39 Å². The third kappa shape index (κ3) is 4.55. The fourth-order valence-corrected chi connectivity index (χ4v) is 2.37. The van der Waals surface area contributed by atoms with Crippen molar-refractivity contribution in [2.45, 2.75) is 0 Å². The SMILES string of the molecule is N#Cc1ccc(NC(=O)c2cccc(C(=O)Nc3ccc(F)cc3)c2)cc1. The first-order valence-corrected chi connectivity index (χ1v) is 8.03. The van der Waals surface area contributed by atoms with E-state index in [0.717, 1.165) is 0 Å². The molecule has 0 bridgehead atoms. The minimum absolute atomic E-state index is 0.298. The molecule has 0 aliphatic heterocycles. The average molecular weight is 359 g/mol. The minimum Gasteiger partial charge on any atom is -0.322 e. The number of nitrogens with one attached hydrogen (secondary N) is 2. The number of anilines is 2. The maximum atomic E-state index is 12.9. The van der Waals surface area contributed by atoms with Crippen LogP contribution in [0.5, 0.6) is 0 Å². The highest BCUT2D eigenvalue weighted by Gasteiger charge is 2.11. The molecule has 3 rings (SSSR count). The van der Waals surface area contributed by atoms with Gasteiger partial charge in [0, 0.05) is 22.5 Å². The number of nitrogens with zero attached hydrogens (tertiary/aromatic N) is 1. The molecule has 0 saturated carbocycles. The zero-order valence-corrected chi connectivity index (χ0v) is 14.1. The van der Waals surface area contributed by atoms with Crippen molar-refractivity contribution in [3.63, 3.8) is 0 Å². The Bertz CT molecular complexity index is 1020. The molecule has 3 aromatic rings. The second-order valence-corrected chi connectivity index (χ2v) is 5.69. The van der Waals surface area contributed by atoms with Crippen LogP contribution in [-0.2, 0) is 0 Å². The number of hydrogen-bond acceptors (Lipinski definition) is 3. The summed E-state index contributed by atoms with van der Waals surface area (Å²) in [5.41, 5.74) is 2.10. The monoisotopic (exact) mass is 359 g/mol. The first-order valence-electron chi connectivity index (χ1n) is 8.03. The Morgan fingerprint density at radius 3 is 1.74 bits per heavy atom. The van der Waals surface area contributed by atoms with E-state index in [4.69, 9.17) is 5.26 Å². The maximum Gasteiger partial charge on any atom is 0.255 e. The normalized spacial score (nSPS) is 9.93. The average Bonchev–Trinajstić information content (AvgIpc) is 2.70. The van der Waals surface area contributed by atoms with Crippen molar-refractivity contribution >= 4 is 23.2 Å². The van der Waals surface area contributed by atoms with E-state index in [1.54, 1.807) is 42.5 Å². The van der Waals surface area contributed by atoms with Crippen LogP contribution in [0.2, 0.25) is 0 Å². The molecule has 0 radical (unpaired) electrons. The quantitative estimate of drug-likeness (QED) is 0.732. The summed E-state index contributed by atoms with van der Waals surface area (Å²) in [5, 5.41) is 14.2. The molecule has 2 N–H and O–H groups in total. The van der Waals surface area contributed by atoms with Crippen molar-refractivity contribution in [3.8, 4) is 6.07 Å². The molecular formula is C21H14FN3O2. The van der Waals surface area contributed by atoms with Crippen LogP contribution in [0.25, 0.3) is 0 Å². The zero-order valence-electron chi connectivity index (χ0n) is 14.1. The van der Waals surface area contributed by atoms with Crippen molar-refractivity contribution in [3.05, 3.63) is 95.3 Å². The summed E-state index contributed by atoms with van der Waals surface area (Å²) in [7, 11) is 0. The molecule has 0 aliphatic carbocycles. The van der Waals surface area contributed by atoms with Crippen LogP contribution < -0.4 is 10.6 Å². The molecule has 3 aromatic carbocycles. The lowest BCUT2D eigenvalue weighted by Gasteiger charge is -2.08. The molecule has 0 aromatic heterocycles. The number of halogens is 1. The van der Waals surface area contributed by atoms with E-state index in [1.165, 1.54) is 30.3 Å². The van der Waals surface area contributed by atoms with Gasteiger partial charge in [-0.2, -0.15) is 5.26 Å². The second-order valence-electron chi connectivity index (χ2n) is 5.69. The lowest BCUT2D eigenvalue weighted by atomic mass is 10.1. The Labute approximate surface area is 155 Å². The molecule has 0 fully saturated rings. The first-order chi connectivity index (χ1) is 13.0. The number of carbonyl (C=O) groups is 2. The lowest BCUT2D eigenvalue weighted by Crippen LogP contribution is -2.15. The van der Waals surface area contributed by atoms with Crippen molar-refractivity contribution in [2.24, 2.45) is 0 Å². The minimum atomic E-state index is -0.408. The first kappa shape index (κ1) is 17.8. The van der Waals surface area contributed by atoms with Crippen LogP contribution >= 0.6 is 0 Å². The number of nitriles is 1. The summed E-state index contributed by atoms with van der Waals surface area (Å²) >= 11 is 0. The fourth-order valence-electron chi connectivity index (χ4n) is 2.37. The van der Waals surface area contributed by atoms with Gasteiger partial charge in [-0.15, -0.1) is 0 Å². The van der Waals surface area contributed by atoms with Gasteiger partial charge >= 0.3 is 0 Å². The summed E-state index contributed by atoms with van der Waals surface area (Å²) in [4.78, 5) is 24.7. The highest BCUT2D eigenvalue weighted by Crippen LogP contribution is 2.14. The van der Waals surface area contributed by atoms with Crippen LogP contribution in [-0.4, -0.2) is 11.8 Å². The van der Waals surface area contributed by atoms with E-state index in [-0.39, 0.29) is 5.91 Å². The van der Waals surface area contributed by atoms with Crippen molar-refractivity contribution < 1.29 is 14.0 Å². The van der Waals surface area contributed by atoms with Crippen LogP contribution in [0.1, 0.15) is 26.3 Å². The van der Waals surface area contributed by atoms with Gasteiger partial charge in [-0.1, -0.05) is 6.07 Å². The molecule has 0 spiro atoms. The van der Waals surface area contributed by atoms with Gasteiger partial charge in [0.2, 0.25) is 0 Å². The van der Waals surface area contributed by atoms with Gasteiger partial charge in [0.25, 0.3) is 11.8 Å². The number of hydrogen-bond donors (Lipinski definition) is 2. The molecule has 6 heteroatoms. The van der Waals surface area contributed by atoms with Gasteiger partial charge in [-0.3, -0.25) is 9.59 Å². The molecule has 0 aliphatic rings. The predicted molar refractivity (Wildman–Crippen MR) is 99.9 cm³/mol. The Morgan fingerprint density at radius 1 is 0.778 bits per heavy atom. The van der Waals surface area contributed by atoms with E-state index in [1.807, 2.05) is 6.07 Å². The highest BCUT2D eigenvalue weighted by atomic mass is 19.1. The van der Waals surface area contributed by atoms with Crippen LogP contribution in [0.15, 0.2) is 72.8 Å². The molecule has 0 atom stereocenters. The summed E-state index contributed by atoms with van der Waals surface area (Å²) in [6.45, 7) is 0. The zero-order chi connectivity index (χ0) is 19.2. The molecule has 27 heavy (non-hydrogen) atoms. The Hall–Kier alpha value is -3.98. The molecule has 0 unspecified atom stereocenters. The van der Waals surface area contributed by atoms with E-state index in [2.05, 4.69) is 10.6 Å². The molecule has 5 nitrogen and oxygen atoms in total. The topological polar surface area (TPSA) is 82.0 Å². The predicted octanol–water partition coefficient (Wildman–Crippen LogP) is 4.20. The highest BCUT2D eigenvalue weighted by molar-refractivity contribution is 6.08. The van der Waals surface area contributed by atoms with Crippen LogP contribution in [0, 0.1) is 17.1 Å². The summed E-state index contributed by atoms with van der Waals surface area (Å²) in [6.07, 6.45) is 0. The summed E-state index contributed by atoms with van der Waals surface area (Å²) < 4.78 is 12.9. The van der Waals surface area contributed by atoms with Crippen LogP contribution in [0.4, 0.5) is 15.8 Å².